The number of pyridine rings is 1. The van der Waals surface area contributed by atoms with Crippen molar-refractivity contribution in [3.05, 3.63) is 17.8 Å². The number of ether oxygens (including phenoxy) is 2. The van der Waals surface area contributed by atoms with Crippen LogP contribution in [0.1, 0.15) is 58.1 Å². The Bertz CT molecular complexity index is 562. The van der Waals surface area contributed by atoms with E-state index in [2.05, 4.69) is 24.1 Å². The number of hydrogen-bond acceptors (Lipinski definition) is 4. The highest BCUT2D eigenvalue weighted by molar-refractivity contribution is 5.97. The number of aryl methyl sites for hydroxylation is 1. The van der Waals surface area contributed by atoms with Gasteiger partial charge in [0.15, 0.2) is 0 Å². The number of carbonyl (C=O) groups is 1. The van der Waals surface area contributed by atoms with Gasteiger partial charge in [-0.3, -0.25) is 4.79 Å². The molecule has 1 aromatic rings. The zero-order chi connectivity index (χ0) is 17.6. The Labute approximate surface area is 145 Å². The molecule has 5 nitrogen and oxygen atoms in total. The Morgan fingerprint density at radius 2 is 2.25 bits per heavy atom. The summed E-state index contributed by atoms with van der Waals surface area (Å²) in [5.74, 6) is 1.03. The van der Waals surface area contributed by atoms with Crippen molar-refractivity contribution in [1.29, 1.82) is 0 Å². The first kappa shape index (κ1) is 18.7. The second-order valence-electron chi connectivity index (χ2n) is 6.84. The average Bonchev–Trinajstić information content (AvgIpc) is 2.57. The van der Waals surface area contributed by atoms with Gasteiger partial charge in [0.25, 0.3) is 5.91 Å². The summed E-state index contributed by atoms with van der Waals surface area (Å²) in [6, 6.07) is 3.67. The van der Waals surface area contributed by atoms with Gasteiger partial charge >= 0.3 is 0 Å². The maximum absolute atomic E-state index is 12.8. The SMILES string of the molecule is CCCCOc1ccc(NC(=O)[C@]2(OC)CCC[C@H](C)C2)c(C)n1. The van der Waals surface area contributed by atoms with Crippen LogP contribution < -0.4 is 10.1 Å². The molecule has 0 bridgehead atoms. The standard InChI is InChI=1S/C19H30N2O3/c1-5-6-12-24-17-10-9-16(15(3)20-17)21-18(22)19(23-4)11-7-8-14(2)13-19/h9-10,14H,5-8,11-13H2,1-4H3,(H,21,22)/t14-,19-/m0/s1. The quantitative estimate of drug-likeness (QED) is 0.763. The minimum Gasteiger partial charge on any atom is -0.478 e. The van der Waals surface area contributed by atoms with E-state index in [0.717, 1.165) is 49.9 Å². The third kappa shape index (κ3) is 4.47. The van der Waals surface area contributed by atoms with Crippen molar-refractivity contribution in [3.63, 3.8) is 0 Å². The van der Waals surface area contributed by atoms with E-state index in [1.807, 2.05) is 13.0 Å². The lowest BCUT2D eigenvalue weighted by Crippen LogP contribution is -2.48. The molecular weight excluding hydrogens is 304 g/mol. The van der Waals surface area contributed by atoms with E-state index in [-0.39, 0.29) is 5.91 Å². The molecule has 1 aliphatic rings. The maximum Gasteiger partial charge on any atom is 0.256 e. The molecule has 134 valence electrons. The van der Waals surface area contributed by atoms with E-state index in [4.69, 9.17) is 9.47 Å². The van der Waals surface area contributed by atoms with Crippen LogP contribution in [0.4, 0.5) is 5.69 Å². The third-order valence-corrected chi connectivity index (χ3v) is 4.82. The highest BCUT2D eigenvalue weighted by Crippen LogP contribution is 2.36. The maximum atomic E-state index is 12.8. The van der Waals surface area contributed by atoms with E-state index in [1.54, 1.807) is 13.2 Å². The number of anilines is 1. The van der Waals surface area contributed by atoms with Gasteiger partial charge in [0.1, 0.15) is 5.60 Å². The van der Waals surface area contributed by atoms with Crippen LogP contribution in [-0.2, 0) is 9.53 Å². The van der Waals surface area contributed by atoms with Crippen LogP contribution in [0, 0.1) is 12.8 Å². The third-order valence-electron chi connectivity index (χ3n) is 4.82. The molecule has 24 heavy (non-hydrogen) atoms. The number of aromatic nitrogens is 1. The monoisotopic (exact) mass is 334 g/mol. The minimum atomic E-state index is -0.722. The number of nitrogens with one attached hydrogen (secondary N) is 1. The lowest BCUT2D eigenvalue weighted by molar-refractivity contribution is -0.143. The summed E-state index contributed by atoms with van der Waals surface area (Å²) >= 11 is 0. The molecule has 5 heteroatoms. The Kier molecular flexibility index (Phi) is 6.60. The molecule has 0 unspecified atom stereocenters. The summed E-state index contributed by atoms with van der Waals surface area (Å²) in [7, 11) is 1.63. The molecule has 0 radical (unpaired) electrons. The van der Waals surface area contributed by atoms with Crippen LogP contribution in [0.3, 0.4) is 0 Å². The molecule has 1 aromatic heterocycles. The van der Waals surface area contributed by atoms with Crippen molar-refractivity contribution in [2.75, 3.05) is 19.0 Å². The summed E-state index contributed by atoms with van der Waals surface area (Å²) in [5.41, 5.74) is 0.755. The van der Waals surface area contributed by atoms with Gasteiger partial charge in [-0.2, -0.15) is 0 Å². The van der Waals surface area contributed by atoms with Gasteiger partial charge in [-0.05, 0) is 44.6 Å². The predicted molar refractivity (Wildman–Crippen MR) is 95.4 cm³/mol. The lowest BCUT2D eigenvalue weighted by Gasteiger charge is -2.37. The van der Waals surface area contributed by atoms with Crippen LogP contribution in [-0.4, -0.2) is 30.2 Å². The van der Waals surface area contributed by atoms with Gasteiger partial charge in [0, 0.05) is 13.2 Å². The number of nitrogens with zero attached hydrogens (tertiary/aromatic N) is 1. The Hall–Kier alpha value is -1.62. The minimum absolute atomic E-state index is 0.0684. The number of amides is 1. The zero-order valence-electron chi connectivity index (χ0n) is 15.4. The fourth-order valence-corrected chi connectivity index (χ4v) is 3.30. The van der Waals surface area contributed by atoms with Crippen LogP contribution in [0.5, 0.6) is 5.88 Å². The second kappa shape index (κ2) is 8.47. The summed E-state index contributed by atoms with van der Waals surface area (Å²) in [4.78, 5) is 17.2. The Morgan fingerprint density at radius 3 is 2.88 bits per heavy atom. The van der Waals surface area contributed by atoms with Crippen molar-refractivity contribution in [1.82, 2.24) is 4.98 Å². The number of carbonyl (C=O) groups excluding carboxylic acids is 1. The van der Waals surface area contributed by atoms with Gasteiger partial charge in [0.05, 0.1) is 18.0 Å². The summed E-state index contributed by atoms with van der Waals surface area (Å²) in [6.07, 6.45) is 5.80. The second-order valence-corrected chi connectivity index (χ2v) is 6.84. The predicted octanol–water partition coefficient (Wildman–Crippen LogP) is 4.10. The van der Waals surface area contributed by atoms with Crippen LogP contribution in [0.15, 0.2) is 12.1 Å². The van der Waals surface area contributed by atoms with Crippen molar-refractivity contribution in [3.8, 4) is 5.88 Å². The highest BCUT2D eigenvalue weighted by Gasteiger charge is 2.42. The van der Waals surface area contributed by atoms with Gasteiger partial charge in [0.2, 0.25) is 5.88 Å². The molecule has 1 amide bonds. The molecule has 1 heterocycles. The van der Waals surface area contributed by atoms with Crippen molar-refractivity contribution >= 4 is 11.6 Å². The first-order valence-electron chi connectivity index (χ1n) is 8.98. The Balaban J connectivity index is 2.05. The van der Waals surface area contributed by atoms with Crippen LogP contribution >= 0.6 is 0 Å². The van der Waals surface area contributed by atoms with E-state index in [1.165, 1.54) is 0 Å². The summed E-state index contributed by atoms with van der Waals surface area (Å²) in [5, 5.41) is 3.00. The van der Waals surface area contributed by atoms with E-state index >= 15 is 0 Å². The number of unbranched alkanes of at least 4 members (excludes halogenated alkanes) is 1. The van der Waals surface area contributed by atoms with Crippen LogP contribution in [0.25, 0.3) is 0 Å². The highest BCUT2D eigenvalue weighted by atomic mass is 16.5. The molecule has 1 fully saturated rings. The summed E-state index contributed by atoms with van der Waals surface area (Å²) < 4.78 is 11.3. The van der Waals surface area contributed by atoms with Crippen molar-refractivity contribution in [2.45, 2.75) is 64.9 Å². The molecular formula is C19H30N2O3. The molecule has 1 aliphatic carbocycles. The molecule has 0 saturated heterocycles. The van der Waals surface area contributed by atoms with Gasteiger partial charge < -0.3 is 14.8 Å². The summed E-state index contributed by atoms with van der Waals surface area (Å²) in [6.45, 7) is 6.85. The molecule has 0 spiro atoms. The molecule has 1 N–H and O–H groups in total. The van der Waals surface area contributed by atoms with Crippen LogP contribution in [0.2, 0.25) is 0 Å². The molecule has 0 aromatic carbocycles. The van der Waals surface area contributed by atoms with Crippen molar-refractivity contribution < 1.29 is 14.3 Å². The van der Waals surface area contributed by atoms with E-state index in [0.29, 0.717) is 18.4 Å². The molecule has 0 aliphatic heterocycles. The Morgan fingerprint density at radius 1 is 1.46 bits per heavy atom. The lowest BCUT2D eigenvalue weighted by atomic mass is 9.78. The van der Waals surface area contributed by atoms with E-state index in [9.17, 15) is 4.79 Å². The fourth-order valence-electron chi connectivity index (χ4n) is 3.30. The fraction of sp³-hybridized carbons (Fsp3) is 0.684. The number of methoxy groups -OCH3 is 1. The normalized spacial score (nSPS) is 23.8. The number of hydrogen-bond donors (Lipinski definition) is 1. The first-order chi connectivity index (χ1) is 11.5. The topological polar surface area (TPSA) is 60.5 Å². The number of rotatable bonds is 7. The first-order valence-corrected chi connectivity index (χ1v) is 8.98. The molecule has 1 saturated carbocycles. The smallest absolute Gasteiger partial charge is 0.256 e. The largest absolute Gasteiger partial charge is 0.478 e. The van der Waals surface area contributed by atoms with Gasteiger partial charge in [-0.15, -0.1) is 0 Å². The van der Waals surface area contributed by atoms with Gasteiger partial charge in [-0.25, -0.2) is 4.98 Å². The average molecular weight is 334 g/mol. The molecule has 2 rings (SSSR count). The zero-order valence-corrected chi connectivity index (χ0v) is 15.4. The molecule has 2 atom stereocenters. The van der Waals surface area contributed by atoms with E-state index < -0.39 is 5.60 Å². The van der Waals surface area contributed by atoms with Gasteiger partial charge in [-0.1, -0.05) is 26.7 Å². The van der Waals surface area contributed by atoms with Crippen molar-refractivity contribution in [2.24, 2.45) is 5.92 Å².